The Balaban J connectivity index is 2.32. The van der Waals surface area contributed by atoms with Gasteiger partial charge in [0, 0.05) is 16.5 Å². The van der Waals surface area contributed by atoms with Crippen molar-refractivity contribution >= 4 is 45.8 Å². The fraction of sp³-hybridized carbons (Fsp3) is 0.267. The minimum Gasteiger partial charge on any atom is -0.389 e. The van der Waals surface area contributed by atoms with Crippen LogP contribution in [0.15, 0.2) is 35.7 Å². The second-order valence-electron chi connectivity index (χ2n) is 4.83. The van der Waals surface area contributed by atoms with E-state index < -0.39 is 0 Å². The highest BCUT2D eigenvalue weighted by Crippen LogP contribution is 2.30. The Hall–Kier alpha value is -1.10. The number of halogens is 1. The van der Waals surface area contributed by atoms with Crippen LogP contribution in [0, 0.1) is 0 Å². The van der Waals surface area contributed by atoms with Gasteiger partial charge in [0.05, 0.1) is 17.3 Å². The molecule has 0 fully saturated rings. The van der Waals surface area contributed by atoms with Gasteiger partial charge in [0.2, 0.25) is 0 Å². The summed E-state index contributed by atoms with van der Waals surface area (Å²) in [5, 5.41) is 2.77. The third-order valence-electron chi connectivity index (χ3n) is 3.07. The third kappa shape index (κ3) is 3.51. The van der Waals surface area contributed by atoms with Gasteiger partial charge in [0.15, 0.2) is 0 Å². The zero-order valence-electron chi connectivity index (χ0n) is 11.5. The van der Waals surface area contributed by atoms with Crippen LogP contribution < -0.4 is 10.6 Å². The van der Waals surface area contributed by atoms with Crippen molar-refractivity contribution in [1.29, 1.82) is 0 Å². The average Bonchev–Trinajstić information content (AvgIpc) is 2.89. The minimum absolute atomic E-state index is 0.352. The minimum atomic E-state index is 0.352. The summed E-state index contributed by atoms with van der Waals surface area (Å²) in [6.07, 6.45) is 0. The number of nitrogens with two attached hydrogens (primary N) is 1. The van der Waals surface area contributed by atoms with Crippen LogP contribution in [0.5, 0.6) is 0 Å². The number of thiocarbonyl (C=S) groups is 1. The monoisotopic (exact) mass is 324 g/mol. The molecule has 0 spiro atoms. The predicted molar refractivity (Wildman–Crippen MR) is 93.0 cm³/mol. The normalized spacial score (nSPS) is 10.8. The van der Waals surface area contributed by atoms with Gasteiger partial charge in [-0.25, -0.2) is 0 Å². The Morgan fingerprint density at radius 1 is 1.40 bits per heavy atom. The first kappa shape index (κ1) is 15.3. The fourth-order valence-electron chi connectivity index (χ4n) is 2.01. The maximum absolute atomic E-state index is 6.40. The SMILES string of the molecule is CC(C)N(Cc1cccs1)c1ccc(C(N)=S)cc1Cl. The number of benzene rings is 1. The largest absolute Gasteiger partial charge is 0.389 e. The van der Waals surface area contributed by atoms with Crippen molar-refractivity contribution in [3.63, 3.8) is 0 Å². The van der Waals surface area contributed by atoms with Crippen LogP contribution in [0.1, 0.15) is 24.3 Å². The lowest BCUT2D eigenvalue weighted by molar-refractivity contribution is 0.687. The number of nitrogens with zero attached hydrogens (tertiary/aromatic N) is 1. The van der Waals surface area contributed by atoms with Crippen LogP contribution in [0.2, 0.25) is 5.02 Å². The molecular weight excluding hydrogens is 308 g/mol. The van der Waals surface area contributed by atoms with Gasteiger partial charge in [-0.3, -0.25) is 0 Å². The van der Waals surface area contributed by atoms with Gasteiger partial charge < -0.3 is 10.6 Å². The molecule has 0 atom stereocenters. The Morgan fingerprint density at radius 2 is 2.15 bits per heavy atom. The Labute approximate surface area is 134 Å². The van der Waals surface area contributed by atoms with Crippen molar-refractivity contribution in [2.45, 2.75) is 26.4 Å². The highest BCUT2D eigenvalue weighted by molar-refractivity contribution is 7.80. The van der Waals surface area contributed by atoms with Gasteiger partial charge in [-0.2, -0.15) is 0 Å². The number of rotatable bonds is 5. The van der Waals surface area contributed by atoms with Crippen molar-refractivity contribution in [3.8, 4) is 0 Å². The molecule has 20 heavy (non-hydrogen) atoms. The molecule has 0 aliphatic rings. The number of thiophene rings is 1. The lowest BCUT2D eigenvalue weighted by Gasteiger charge is -2.29. The van der Waals surface area contributed by atoms with Crippen molar-refractivity contribution < 1.29 is 0 Å². The Bertz CT molecular complexity index is 594. The van der Waals surface area contributed by atoms with E-state index >= 15 is 0 Å². The predicted octanol–water partition coefficient (Wildman–Crippen LogP) is 4.45. The highest BCUT2D eigenvalue weighted by Gasteiger charge is 2.15. The molecule has 0 aliphatic heterocycles. The number of anilines is 1. The fourth-order valence-corrected chi connectivity index (χ4v) is 3.13. The molecule has 2 nitrogen and oxygen atoms in total. The first-order valence-corrected chi connectivity index (χ1v) is 8.04. The quantitative estimate of drug-likeness (QED) is 0.824. The van der Waals surface area contributed by atoms with Crippen LogP contribution in [0.4, 0.5) is 5.69 Å². The summed E-state index contributed by atoms with van der Waals surface area (Å²) < 4.78 is 0. The summed E-state index contributed by atoms with van der Waals surface area (Å²) in [7, 11) is 0. The van der Waals surface area contributed by atoms with E-state index in [0.29, 0.717) is 16.1 Å². The average molecular weight is 325 g/mol. The summed E-state index contributed by atoms with van der Waals surface area (Å²) in [5.41, 5.74) is 7.45. The smallest absolute Gasteiger partial charge is 0.104 e. The van der Waals surface area contributed by atoms with Crippen LogP contribution in [-0.2, 0) is 6.54 Å². The summed E-state index contributed by atoms with van der Waals surface area (Å²) in [5.74, 6) is 0. The van der Waals surface area contributed by atoms with Gasteiger partial charge in [-0.15, -0.1) is 11.3 Å². The molecule has 1 heterocycles. The molecule has 0 unspecified atom stereocenters. The molecule has 0 aliphatic carbocycles. The van der Waals surface area contributed by atoms with Crippen molar-refractivity contribution in [3.05, 3.63) is 51.2 Å². The summed E-state index contributed by atoms with van der Waals surface area (Å²) >= 11 is 13.1. The molecule has 2 rings (SSSR count). The van der Waals surface area contributed by atoms with Gasteiger partial charge in [0.1, 0.15) is 4.99 Å². The van der Waals surface area contributed by atoms with E-state index in [1.54, 1.807) is 11.3 Å². The Morgan fingerprint density at radius 3 is 2.65 bits per heavy atom. The van der Waals surface area contributed by atoms with Crippen LogP contribution >= 0.6 is 35.2 Å². The zero-order chi connectivity index (χ0) is 14.7. The summed E-state index contributed by atoms with van der Waals surface area (Å²) in [6.45, 7) is 5.16. The molecular formula is C15H17ClN2S2. The highest BCUT2D eigenvalue weighted by atomic mass is 35.5. The number of hydrogen-bond donors (Lipinski definition) is 1. The third-order valence-corrected chi connectivity index (χ3v) is 4.47. The molecule has 0 radical (unpaired) electrons. The zero-order valence-corrected chi connectivity index (χ0v) is 13.9. The molecule has 2 aromatic rings. The molecule has 106 valence electrons. The molecule has 2 N–H and O–H groups in total. The van der Waals surface area contributed by atoms with Crippen LogP contribution in [0.25, 0.3) is 0 Å². The van der Waals surface area contributed by atoms with Crippen molar-refractivity contribution in [1.82, 2.24) is 0 Å². The maximum Gasteiger partial charge on any atom is 0.104 e. The lowest BCUT2D eigenvalue weighted by Crippen LogP contribution is -2.30. The van der Waals surface area contributed by atoms with E-state index in [-0.39, 0.29) is 0 Å². The van der Waals surface area contributed by atoms with E-state index in [4.69, 9.17) is 29.6 Å². The second kappa shape index (κ2) is 6.57. The van der Waals surface area contributed by atoms with E-state index in [1.165, 1.54) is 4.88 Å². The molecule has 5 heteroatoms. The lowest BCUT2D eigenvalue weighted by atomic mass is 10.1. The van der Waals surface area contributed by atoms with E-state index in [0.717, 1.165) is 17.8 Å². The molecule has 0 saturated heterocycles. The standard InChI is InChI=1S/C15H17ClN2S2/c1-10(2)18(9-12-4-3-7-20-12)14-6-5-11(15(17)19)8-13(14)16/h3-8,10H,9H2,1-2H3,(H2,17,19). The first-order valence-electron chi connectivity index (χ1n) is 6.37. The van der Waals surface area contributed by atoms with E-state index in [9.17, 15) is 0 Å². The maximum atomic E-state index is 6.40. The van der Waals surface area contributed by atoms with E-state index in [1.807, 2.05) is 18.2 Å². The molecule has 1 aromatic heterocycles. The van der Waals surface area contributed by atoms with Gasteiger partial charge in [-0.05, 0) is 43.5 Å². The van der Waals surface area contributed by atoms with Gasteiger partial charge in [0.25, 0.3) is 0 Å². The molecule has 0 saturated carbocycles. The second-order valence-corrected chi connectivity index (χ2v) is 6.71. The Kier molecular flexibility index (Phi) is 5.02. The summed E-state index contributed by atoms with van der Waals surface area (Å²) in [6, 6.07) is 10.3. The van der Waals surface area contributed by atoms with E-state index in [2.05, 4.69) is 36.3 Å². The van der Waals surface area contributed by atoms with Crippen molar-refractivity contribution in [2.24, 2.45) is 5.73 Å². The van der Waals surface area contributed by atoms with Crippen LogP contribution in [0.3, 0.4) is 0 Å². The topological polar surface area (TPSA) is 29.3 Å². The molecule has 1 aromatic carbocycles. The van der Waals surface area contributed by atoms with Gasteiger partial charge in [-0.1, -0.05) is 29.9 Å². The summed E-state index contributed by atoms with van der Waals surface area (Å²) in [4.78, 5) is 3.96. The van der Waals surface area contributed by atoms with Crippen molar-refractivity contribution in [2.75, 3.05) is 4.90 Å². The van der Waals surface area contributed by atoms with Gasteiger partial charge >= 0.3 is 0 Å². The molecule has 0 amide bonds. The number of hydrogen-bond acceptors (Lipinski definition) is 3. The first-order chi connectivity index (χ1) is 9.49. The van der Waals surface area contributed by atoms with Crippen LogP contribution in [-0.4, -0.2) is 11.0 Å². The molecule has 0 bridgehead atoms.